The second-order valence-corrected chi connectivity index (χ2v) is 12.2. The van der Waals surface area contributed by atoms with E-state index in [0.29, 0.717) is 29.0 Å². The summed E-state index contributed by atoms with van der Waals surface area (Å²) in [6.45, 7) is 2.30. The van der Waals surface area contributed by atoms with Gasteiger partial charge >= 0.3 is 5.97 Å². The number of hydrogen-bond donors (Lipinski definition) is 4. The number of methoxy groups -OCH3 is 1. The van der Waals surface area contributed by atoms with Gasteiger partial charge in [-0.2, -0.15) is 0 Å². The van der Waals surface area contributed by atoms with Crippen LogP contribution in [-0.4, -0.2) is 96.1 Å². The fraction of sp³-hybridized carbons (Fsp3) is 0.455. The number of nitrogens with two attached hydrogens (primary N) is 1. The number of esters is 1. The predicted octanol–water partition coefficient (Wildman–Crippen LogP) is 0.195. The molecule has 2 fully saturated rings. The van der Waals surface area contributed by atoms with Crippen LogP contribution in [0.5, 0.6) is 11.5 Å². The first-order chi connectivity index (χ1) is 21.8. The first-order valence-corrected chi connectivity index (χ1v) is 15.0. The number of likely N-dealkylation sites (N-methyl/N-ethyl adjacent to an activating group) is 1. The monoisotopic (exact) mass is 635 g/mol. The van der Waals surface area contributed by atoms with E-state index >= 15 is 0 Å². The van der Waals surface area contributed by atoms with Crippen molar-refractivity contribution in [1.29, 1.82) is 0 Å². The Balaban J connectivity index is 1.57. The van der Waals surface area contributed by atoms with Gasteiger partial charge in [-0.25, -0.2) is 0 Å². The van der Waals surface area contributed by atoms with Crippen molar-refractivity contribution in [3.8, 4) is 22.6 Å². The minimum absolute atomic E-state index is 0.00204. The highest BCUT2D eigenvalue weighted by Gasteiger charge is 2.69. The van der Waals surface area contributed by atoms with Crippen molar-refractivity contribution in [2.45, 2.75) is 38.0 Å². The Morgan fingerprint density at radius 3 is 2.43 bits per heavy atom. The summed E-state index contributed by atoms with van der Waals surface area (Å²) in [6, 6.07) is 7.16. The molecule has 2 unspecified atom stereocenters. The van der Waals surface area contributed by atoms with Crippen LogP contribution in [0.3, 0.4) is 0 Å². The number of amides is 1. The molecule has 5 rings (SSSR count). The van der Waals surface area contributed by atoms with E-state index in [0.717, 1.165) is 5.56 Å². The molecule has 6 atom stereocenters. The summed E-state index contributed by atoms with van der Waals surface area (Å²) in [5, 5.41) is 25.7. The number of phenols is 1. The Kier molecular flexibility index (Phi) is 8.86. The van der Waals surface area contributed by atoms with Crippen LogP contribution in [0.15, 0.2) is 30.3 Å². The number of hydrogen-bond acceptors (Lipinski definition) is 12. The van der Waals surface area contributed by atoms with Gasteiger partial charge in [0.15, 0.2) is 34.7 Å². The van der Waals surface area contributed by atoms with Gasteiger partial charge in [-0.3, -0.25) is 33.7 Å². The molecule has 0 bridgehead atoms. The van der Waals surface area contributed by atoms with E-state index in [1.807, 2.05) is 12.1 Å². The maximum atomic E-state index is 14.1. The van der Waals surface area contributed by atoms with Crippen molar-refractivity contribution >= 4 is 35.0 Å². The topological polar surface area (TPSA) is 203 Å². The average Bonchev–Trinajstić information content (AvgIpc) is 2.99. The van der Waals surface area contributed by atoms with E-state index in [1.54, 1.807) is 19.1 Å². The van der Waals surface area contributed by atoms with Crippen molar-refractivity contribution in [3.63, 3.8) is 0 Å². The molecule has 13 nitrogen and oxygen atoms in total. The number of carbonyl (C=O) groups excluding carboxylic acids is 6. The molecule has 0 aliphatic heterocycles. The van der Waals surface area contributed by atoms with Crippen molar-refractivity contribution in [3.05, 3.63) is 47.0 Å². The smallest absolute Gasteiger partial charge is 0.319 e. The molecule has 0 aromatic heterocycles. The fourth-order valence-corrected chi connectivity index (χ4v) is 7.45. The van der Waals surface area contributed by atoms with Gasteiger partial charge in [-0.05, 0) is 74.7 Å². The van der Waals surface area contributed by atoms with E-state index < -0.39 is 70.3 Å². The van der Waals surface area contributed by atoms with Crippen molar-refractivity contribution in [1.82, 2.24) is 10.2 Å². The summed E-state index contributed by atoms with van der Waals surface area (Å²) in [5.74, 6) is -11.1. The number of ketones is 4. The Morgan fingerprint density at radius 2 is 1.80 bits per heavy atom. The zero-order valence-corrected chi connectivity index (χ0v) is 26.0. The maximum absolute atomic E-state index is 14.1. The summed E-state index contributed by atoms with van der Waals surface area (Å²) in [4.78, 5) is 80.4. The van der Waals surface area contributed by atoms with Gasteiger partial charge in [0.05, 0.1) is 37.8 Å². The van der Waals surface area contributed by atoms with Crippen molar-refractivity contribution in [2.24, 2.45) is 29.4 Å². The van der Waals surface area contributed by atoms with E-state index in [9.17, 15) is 39.0 Å². The van der Waals surface area contributed by atoms with E-state index in [2.05, 4.69) is 5.32 Å². The largest absolute Gasteiger partial charge is 0.507 e. The molecule has 2 aromatic carbocycles. The number of Topliss-reactive ketones (excluding diaryl/α,β-unsaturated/α-hetero) is 4. The number of fused-ring (bicyclic) bond motifs is 3. The second-order valence-electron chi connectivity index (χ2n) is 12.2. The molecule has 2 aromatic rings. The summed E-state index contributed by atoms with van der Waals surface area (Å²) < 4.78 is 10.6. The lowest BCUT2D eigenvalue weighted by molar-refractivity contribution is -0.181. The lowest BCUT2D eigenvalue weighted by Gasteiger charge is -2.52. The van der Waals surface area contributed by atoms with Gasteiger partial charge in [-0.15, -0.1) is 0 Å². The number of nitrogens with zero attached hydrogens (tertiary/aromatic N) is 1. The Bertz CT molecular complexity index is 1650. The van der Waals surface area contributed by atoms with E-state index in [4.69, 9.17) is 15.2 Å². The molecule has 0 saturated heterocycles. The third kappa shape index (κ3) is 5.17. The van der Waals surface area contributed by atoms with Gasteiger partial charge in [0.2, 0.25) is 5.91 Å². The highest BCUT2D eigenvalue weighted by Crippen LogP contribution is 2.52. The third-order valence-corrected chi connectivity index (χ3v) is 9.40. The SMILES string of the molecule is CCOC(=O)CNCc1ccc(OC)c(-c2ccc(O)c3c2C[C@H]2C[C@H]4[C@H](N(C)C)C(=O)C(C(N)=O)C(=O)[C@@]4(O)C(=O)C2C3=O)c1. The van der Waals surface area contributed by atoms with Gasteiger partial charge in [0.1, 0.15) is 11.5 Å². The molecule has 1 amide bonds. The lowest BCUT2D eigenvalue weighted by Crippen LogP contribution is -2.74. The number of aromatic hydroxyl groups is 1. The lowest BCUT2D eigenvalue weighted by atomic mass is 9.52. The normalized spacial score (nSPS) is 27.1. The quantitative estimate of drug-likeness (QED) is 0.216. The number of primary amides is 1. The summed E-state index contributed by atoms with van der Waals surface area (Å²) in [5.41, 5.74) is 4.87. The molecule has 3 aliphatic rings. The molecule has 46 heavy (non-hydrogen) atoms. The fourth-order valence-electron chi connectivity index (χ4n) is 7.45. The van der Waals surface area contributed by atoms with Crippen LogP contribution in [-0.2, 0) is 41.7 Å². The molecule has 2 saturated carbocycles. The number of nitrogens with one attached hydrogen (secondary N) is 1. The first kappa shape index (κ1) is 32.9. The minimum Gasteiger partial charge on any atom is -0.507 e. The highest BCUT2D eigenvalue weighted by atomic mass is 16.5. The van der Waals surface area contributed by atoms with Gasteiger partial charge in [-0.1, -0.05) is 12.1 Å². The second kappa shape index (κ2) is 12.4. The molecule has 0 heterocycles. The number of phenolic OH excluding ortho intramolecular Hbond substituents is 1. The van der Waals surface area contributed by atoms with Crippen molar-refractivity contribution < 1.29 is 48.5 Å². The van der Waals surface area contributed by atoms with Crippen LogP contribution >= 0.6 is 0 Å². The third-order valence-electron chi connectivity index (χ3n) is 9.40. The number of benzene rings is 2. The number of carbonyl (C=O) groups is 6. The summed E-state index contributed by atoms with van der Waals surface area (Å²) >= 11 is 0. The maximum Gasteiger partial charge on any atom is 0.319 e. The van der Waals surface area contributed by atoms with Gasteiger partial charge in [0.25, 0.3) is 0 Å². The molecule has 3 aliphatic carbocycles. The molecular weight excluding hydrogens is 598 g/mol. The minimum atomic E-state index is -2.79. The number of rotatable bonds is 9. The summed E-state index contributed by atoms with van der Waals surface area (Å²) in [6.07, 6.45) is 0.0397. The van der Waals surface area contributed by atoms with Crippen LogP contribution < -0.4 is 15.8 Å². The molecular formula is C33H37N3O10. The molecule has 0 radical (unpaired) electrons. The number of ether oxygens (including phenoxy) is 2. The zero-order valence-electron chi connectivity index (χ0n) is 26.0. The molecule has 244 valence electrons. The molecule has 5 N–H and O–H groups in total. The predicted molar refractivity (Wildman–Crippen MR) is 162 cm³/mol. The Hall–Kier alpha value is -4.46. The van der Waals surface area contributed by atoms with Crippen LogP contribution in [0, 0.1) is 23.7 Å². The average molecular weight is 636 g/mol. The molecule has 0 spiro atoms. The van der Waals surface area contributed by atoms with E-state index in [1.165, 1.54) is 32.2 Å². The first-order valence-electron chi connectivity index (χ1n) is 15.0. The standard InChI is InChI=1S/C33H37N3O10/c1-5-46-23(38)14-35-13-15-6-9-22(45-4)18(10-15)17-7-8-21(37)25-19(17)11-16-12-20-27(36(2)3)29(40)26(32(34)43)31(42)33(20,44)30(41)24(16)28(25)39/h6-10,16,20,24,26-27,35,37,44H,5,11-14H2,1-4H3,(H2,34,43)/t16-,20-,24?,26?,27-,33-/m0/s1. The van der Waals surface area contributed by atoms with Gasteiger partial charge < -0.3 is 30.7 Å². The Morgan fingerprint density at radius 1 is 1.09 bits per heavy atom. The number of aliphatic hydroxyl groups is 1. The molecule has 13 heteroatoms. The van der Waals surface area contributed by atoms with Gasteiger partial charge in [0, 0.05) is 18.0 Å². The zero-order chi connectivity index (χ0) is 33.7. The van der Waals surface area contributed by atoms with E-state index in [-0.39, 0.29) is 37.3 Å². The van der Waals surface area contributed by atoms with Crippen molar-refractivity contribution in [2.75, 3.05) is 34.4 Å². The summed E-state index contributed by atoms with van der Waals surface area (Å²) in [7, 11) is 4.56. The highest BCUT2D eigenvalue weighted by molar-refractivity contribution is 6.32. The Labute approximate surface area is 265 Å². The van der Waals surface area contributed by atoms with Crippen LogP contribution in [0.4, 0.5) is 0 Å². The van der Waals surface area contributed by atoms with Crippen LogP contribution in [0.2, 0.25) is 0 Å². The van der Waals surface area contributed by atoms with Crippen LogP contribution in [0.1, 0.15) is 34.8 Å². The van der Waals surface area contributed by atoms with Crippen LogP contribution in [0.25, 0.3) is 11.1 Å².